The Balaban J connectivity index is 1.31. The van der Waals surface area contributed by atoms with E-state index in [1.165, 1.54) is 12.1 Å². The van der Waals surface area contributed by atoms with Gasteiger partial charge in [-0.15, -0.1) is 0 Å². The van der Waals surface area contributed by atoms with Crippen LogP contribution >= 0.6 is 0 Å². The molecule has 4 aliphatic heterocycles. The van der Waals surface area contributed by atoms with Crippen molar-refractivity contribution in [3.63, 3.8) is 0 Å². The highest BCUT2D eigenvalue weighted by Gasteiger charge is 2.34. The van der Waals surface area contributed by atoms with Gasteiger partial charge in [0.05, 0.1) is 45.1 Å². The topological polar surface area (TPSA) is 108 Å². The number of methoxy groups -OCH3 is 1. The van der Waals surface area contributed by atoms with Crippen LogP contribution in [0.25, 0.3) is 11.1 Å². The standard InChI is InChI=1S/C34H38FN3O7/c1-41-32-15-27-7-5-25(32)16-36-33(39)21-44-26-4-2-3-23(13-26)24-6-8-29(35)28(14-24)34(40)37-30-18-38(10-9-31(30)45-27)17-22-19-42-11-12-43-20-22/h2-8,13-15,22,30-31H,9-12,16-21H2,1H3,(H,36,39)(H,37,40)/t30-,31+/m1/s1. The number of carbonyl (C=O) groups is 2. The van der Waals surface area contributed by atoms with Crippen molar-refractivity contribution in [3.8, 4) is 28.4 Å². The van der Waals surface area contributed by atoms with Gasteiger partial charge in [-0.1, -0.05) is 18.2 Å². The maximum atomic E-state index is 15.2. The summed E-state index contributed by atoms with van der Waals surface area (Å²) in [6.45, 7) is 4.46. The monoisotopic (exact) mass is 619 g/mol. The summed E-state index contributed by atoms with van der Waals surface area (Å²) in [5, 5.41) is 5.96. The van der Waals surface area contributed by atoms with E-state index in [1.54, 1.807) is 37.4 Å². The lowest BCUT2D eigenvalue weighted by Crippen LogP contribution is -2.57. The predicted molar refractivity (Wildman–Crippen MR) is 164 cm³/mol. The molecule has 2 atom stereocenters. The number of halogens is 1. The molecule has 0 saturated carbocycles. The van der Waals surface area contributed by atoms with Crippen LogP contribution in [0, 0.1) is 11.7 Å². The van der Waals surface area contributed by atoms with E-state index in [2.05, 4.69) is 15.5 Å². The molecule has 45 heavy (non-hydrogen) atoms. The molecule has 2 amide bonds. The van der Waals surface area contributed by atoms with Gasteiger partial charge in [-0.3, -0.25) is 9.59 Å². The number of hydrogen-bond donors (Lipinski definition) is 2. The van der Waals surface area contributed by atoms with E-state index in [0.717, 1.165) is 24.2 Å². The number of rotatable bonds is 3. The van der Waals surface area contributed by atoms with Crippen molar-refractivity contribution in [2.24, 2.45) is 5.92 Å². The van der Waals surface area contributed by atoms with Crippen molar-refractivity contribution in [3.05, 3.63) is 77.6 Å². The van der Waals surface area contributed by atoms with Crippen LogP contribution in [0.3, 0.4) is 0 Å². The molecule has 0 aliphatic carbocycles. The molecular weight excluding hydrogens is 581 g/mol. The highest BCUT2D eigenvalue weighted by atomic mass is 19.1. The Morgan fingerprint density at radius 2 is 1.80 bits per heavy atom. The summed E-state index contributed by atoms with van der Waals surface area (Å²) in [6.07, 6.45) is 0.252. The third-order valence-corrected chi connectivity index (χ3v) is 8.32. The van der Waals surface area contributed by atoms with Crippen LogP contribution in [-0.2, 0) is 20.8 Å². The average molecular weight is 620 g/mol. The molecule has 4 aliphatic rings. The van der Waals surface area contributed by atoms with Crippen LogP contribution in [0.5, 0.6) is 17.2 Å². The molecule has 3 aromatic rings. The third-order valence-electron chi connectivity index (χ3n) is 8.32. The van der Waals surface area contributed by atoms with Gasteiger partial charge in [0.15, 0.2) is 6.61 Å². The Kier molecular flexibility index (Phi) is 9.78. The van der Waals surface area contributed by atoms with E-state index in [4.69, 9.17) is 23.7 Å². The minimum Gasteiger partial charge on any atom is -0.496 e. The Morgan fingerprint density at radius 3 is 2.62 bits per heavy atom. The lowest BCUT2D eigenvalue weighted by Gasteiger charge is -2.40. The number of carbonyl (C=O) groups excluding carboxylic acids is 2. The molecule has 0 spiro atoms. The maximum absolute atomic E-state index is 15.2. The average Bonchev–Trinajstić information content (AvgIpc) is 3.32. The normalized spacial score (nSPS) is 21.7. The van der Waals surface area contributed by atoms with Crippen LogP contribution in [0.4, 0.5) is 4.39 Å². The first kappa shape index (κ1) is 30.8. The molecule has 3 aromatic carbocycles. The smallest absolute Gasteiger partial charge is 0.258 e. The number of hydrogen-bond acceptors (Lipinski definition) is 8. The summed E-state index contributed by atoms with van der Waals surface area (Å²) in [6, 6.07) is 16.6. The summed E-state index contributed by atoms with van der Waals surface area (Å²) in [5.74, 6) is 0.355. The van der Waals surface area contributed by atoms with Gasteiger partial charge in [0.2, 0.25) is 0 Å². The van der Waals surface area contributed by atoms with Crippen LogP contribution < -0.4 is 24.8 Å². The molecular formula is C34H38FN3O7. The quantitative estimate of drug-likeness (QED) is 0.460. The van der Waals surface area contributed by atoms with Gasteiger partial charge in [-0.05, 0) is 53.9 Å². The summed E-state index contributed by atoms with van der Waals surface area (Å²) in [7, 11) is 1.56. The van der Waals surface area contributed by atoms with E-state index < -0.39 is 17.8 Å². The Labute approximate surface area is 261 Å². The molecule has 0 radical (unpaired) electrons. The Bertz CT molecular complexity index is 1510. The highest BCUT2D eigenvalue weighted by molar-refractivity contribution is 5.96. The van der Waals surface area contributed by atoms with Crippen molar-refractivity contribution < 1.29 is 37.7 Å². The maximum Gasteiger partial charge on any atom is 0.258 e. The van der Waals surface area contributed by atoms with Gasteiger partial charge in [0.1, 0.15) is 29.2 Å². The molecule has 2 saturated heterocycles. The number of piperidine rings is 1. The zero-order valence-corrected chi connectivity index (χ0v) is 25.3. The molecule has 0 aromatic heterocycles. The van der Waals surface area contributed by atoms with Crippen molar-refractivity contribution in [2.45, 2.75) is 25.1 Å². The molecule has 11 heteroatoms. The molecule has 2 fully saturated rings. The van der Waals surface area contributed by atoms with E-state index in [0.29, 0.717) is 62.2 Å². The van der Waals surface area contributed by atoms with Gasteiger partial charge in [0, 0.05) is 43.7 Å². The second-order valence-corrected chi connectivity index (χ2v) is 11.6. The lowest BCUT2D eigenvalue weighted by molar-refractivity contribution is -0.123. The molecule has 0 unspecified atom stereocenters. The molecule has 238 valence electrons. The van der Waals surface area contributed by atoms with Gasteiger partial charge < -0.3 is 39.2 Å². The molecule has 4 heterocycles. The number of fused-ring (bicyclic) bond motifs is 7. The zero-order chi connectivity index (χ0) is 31.2. The second kappa shape index (κ2) is 14.3. The van der Waals surface area contributed by atoms with Crippen LogP contribution in [-0.4, -0.2) is 88.6 Å². The Hall–Kier alpha value is -4.19. The van der Waals surface area contributed by atoms with E-state index in [-0.39, 0.29) is 36.6 Å². The first-order valence-electron chi connectivity index (χ1n) is 15.3. The van der Waals surface area contributed by atoms with Crippen LogP contribution in [0.1, 0.15) is 22.3 Å². The SMILES string of the molecule is COc1cc2ccc1CNC(=O)COc1cccc(c1)-c1ccc(F)c(c1)C(=O)N[C@@H]1CN(CC3COCCOC3)CC[C@@H]1O2. The number of amides is 2. The molecule has 7 rings (SSSR count). The van der Waals surface area contributed by atoms with Crippen molar-refractivity contribution in [2.75, 3.05) is 59.8 Å². The number of ether oxygens (including phenoxy) is 5. The van der Waals surface area contributed by atoms with Crippen molar-refractivity contribution in [1.82, 2.24) is 15.5 Å². The number of nitrogens with one attached hydrogen (secondary N) is 2. The molecule has 6 bridgehead atoms. The lowest BCUT2D eigenvalue weighted by atomic mass is 9.98. The third kappa shape index (κ3) is 7.73. The van der Waals surface area contributed by atoms with Gasteiger partial charge in [-0.25, -0.2) is 4.39 Å². The van der Waals surface area contributed by atoms with E-state index >= 15 is 4.39 Å². The fourth-order valence-corrected chi connectivity index (χ4v) is 5.98. The summed E-state index contributed by atoms with van der Waals surface area (Å²) >= 11 is 0. The van der Waals surface area contributed by atoms with Crippen molar-refractivity contribution >= 4 is 11.8 Å². The van der Waals surface area contributed by atoms with Crippen LogP contribution in [0.2, 0.25) is 0 Å². The largest absolute Gasteiger partial charge is 0.496 e. The first-order valence-corrected chi connectivity index (χ1v) is 15.3. The number of benzene rings is 3. The fourth-order valence-electron chi connectivity index (χ4n) is 5.98. The number of nitrogens with zero attached hydrogens (tertiary/aromatic N) is 1. The number of likely N-dealkylation sites (tertiary alicyclic amines) is 1. The molecule has 2 N–H and O–H groups in total. The highest BCUT2D eigenvalue weighted by Crippen LogP contribution is 2.29. The van der Waals surface area contributed by atoms with Crippen LogP contribution in [0.15, 0.2) is 60.7 Å². The van der Waals surface area contributed by atoms with Gasteiger partial charge in [-0.2, -0.15) is 0 Å². The summed E-state index contributed by atoms with van der Waals surface area (Å²) in [5.41, 5.74) is 2.07. The fraction of sp³-hybridized carbons (Fsp3) is 0.412. The zero-order valence-electron chi connectivity index (χ0n) is 25.3. The second-order valence-electron chi connectivity index (χ2n) is 11.6. The minimum absolute atomic E-state index is 0.0694. The predicted octanol–water partition coefficient (Wildman–Crippen LogP) is 3.42. The van der Waals surface area contributed by atoms with E-state index in [1.807, 2.05) is 18.2 Å². The van der Waals surface area contributed by atoms with E-state index in [9.17, 15) is 9.59 Å². The Morgan fingerprint density at radius 1 is 0.978 bits per heavy atom. The van der Waals surface area contributed by atoms with Gasteiger partial charge >= 0.3 is 0 Å². The minimum atomic E-state index is -0.624. The van der Waals surface area contributed by atoms with Crippen molar-refractivity contribution in [1.29, 1.82) is 0 Å². The molecule has 10 nitrogen and oxygen atoms in total. The summed E-state index contributed by atoms with van der Waals surface area (Å²) < 4.78 is 44.4. The first-order chi connectivity index (χ1) is 21.9. The summed E-state index contributed by atoms with van der Waals surface area (Å²) in [4.78, 5) is 28.6. The van der Waals surface area contributed by atoms with Gasteiger partial charge in [0.25, 0.3) is 11.8 Å².